The summed E-state index contributed by atoms with van der Waals surface area (Å²) in [7, 11) is 0. The third-order valence-electron chi connectivity index (χ3n) is 3.61. The Labute approximate surface area is 142 Å². The molecule has 1 aromatic carbocycles. The normalized spacial score (nSPS) is 12.9. The lowest BCUT2D eigenvalue weighted by Gasteiger charge is -2.17. The van der Waals surface area contributed by atoms with E-state index in [9.17, 15) is 14.4 Å². The Morgan fingerprint density at radius 2 is 2.12 bits per heavy atom. The minimum atomic E-state index is -0.555. The van der Waals surface area contributed by atoms with Crippen LogP contribution in [-0.2, 0) is 27.3 Å². The van der Waals surface area contributed by atoms with E-state index in [0.717, 1.165) is 16.1 Å². The van der Waals surface area contributed by atoms with Crippen molar-refractivity contribution in [3.8, 4) is 0 Å². The van der Waals surface area contributed by atoms with E-state index in [4.69, 9.17) is 4.74 Å². The Kier molecular flexibility index (Phi) is 4.90. The lowest BCUT2D eigenvalue weighted by Crippen LogP contribution is -2.28. The molecule has 0 unspecified atom stereocenters. The molecule has 3 rings (SSSR count). The summed E-state index contributed by atoms with van der Waals surface area (Å²) in [5.41, 5.74) is 1.98. The maximum absolute atomic E-state index is 12.0. The van der Waals surface area contributed by atoms with Crippen molar-refractivity contribution in [2.75, 3.05) is 11.9 Å². The van der Waals surface area contributed by atoms with E-state index in [-0.39, 0.29) is 18.4 Å². The van der Waals surface area contributed by atoms with Crippen LogP contribution in [0.2, 0.25) is 0 Å². The number of carbonyl (C=O) groups excluding carboxylic acids is 3. The number of amides is 2. The minimum Gasteiger partial charge on any atom is -0.452 e. The number of ether oxygens (including phenoxy) is 1. The third-order valence-corrected chi connectivity index (χ3v) is 4.49. The molecule has 2 amide bonds. The quantitative estimate of drug-likeness (QED) is 0.814. The number of thiophene rings is 1. The van der Waals surface area contributed by atoms with Crippen LogP contribution in [0.4, 0.5) is 5.69 Å². The largest absolute Gasteiger partial charge is 0.452 e. The number of esters is 1. The van der Waals surface area contributed by atoms with Crippen molar-refractivity contribution in [1.29, 1.82) is 0 Å². The predicted octanol–water partition coefficient (Wildman–Crippen LogP) is 2.11. The molecule has 1 aliphatic rings. The van der Waals surface area contributed by atoms with Crippen molar-refractivity contribution in [3.63, 3.8) is 0 Å². The number of hydrogen-bond acceptors (Lipinski definition) is 5. The Morgan fingerprint density at radius 1 is 1.25 bits per heavy atom. The van der Waals surface area contributed by atoms with Crippen LogP contribution in [0.25, 0.3) is 0 Å². The van der Waals surface area contributed by atoms with Crippen LogP contribution in [0.3, 0.4) is 0 Å². The highest BCUT2D eigenvalue weighted by molar-refractivity contribution is 7.09. The van der Waals surface area contributed by atoms with Crippen LogP contribution in [0.5, 0.6) is 0 Å². The molecule has 0 fully saturated rings. The summed E-state index contributed by atoms with van der Waals surface area (Å²) in [6.45, 7) is 0.102. The molecule has 0 bridgehead atoms. The molecule has 2 N–H and O–H groups in total. The highest BCUT2D eigenvalue weighted by atomic mass is 32.1. The molecule has 0 atom stereocenters. The lowest BCUT2D eigenvalue weighted by atomic mass is 10.0. The zero-order valence-electron chi connectivity index (χ0n) is 12.8. The Balaban J connectivity index is 1.51. The molecule has 0 radical (unpaired) electrons. The zero-order valence-corrected chi connectivity index (χ0v) is 13.7. The van der Waals surface area contributed by atoms with Crippen molar-refractivity contribution in [2.24, 2.45) is 0 Å². The first-order valence-electron chi connectivity index (χ1n) is 7.51. The highest BCUT2D eigenvalue weighted by Crippen LogP contribution is 2.23. The van der Waals surface area contributed by atoms with E-state index >= 15 is 0 Å². The molecule has 1 aliphatic heterocycles. The SMILES string of the molecule is O=C(COC(=O)c1ccc2c(c1)CCC(=O)N2)NCc1cccs1. The summed E-state index contributed by atoms with van der Waals surface area (Å²) in [5, 5.41) is 7.38. The first kappa shape index (κ1) is 16.2. The molecule has 2 heterocycles. The van der Waals surface area contributed by atoms with Gasteiger partial charge in [-0.25, -0.2) is 4.79 Å². The fourth-order valence-electron chi connectivity index (χ4n) is 2.37. The van der Waals surface area contributed by atoms with Gasteiger partial charge in [0.1, 0.15) is 0 Å². The van der Waals surface area contributed by atoms with Gasteiger partial charge in [0.25, 0.3) is 5.91 Å². The van der Waals surface area contributed by atoms with Gasteiger partial charge >= 0.3 is 5.97 Å². The summed E-state index contributed by atoms with van der Waals surface area (Å²) in [5.74, 6) is -0.928. The van der Waals surface area contributed by atoms with Gasteiger partial charge in [-0.05, 0) is 41.6 Å². The molecule has 7 heteroatoms. The number of fused-ring (bicyclic) bond motifs is 1. The average molecular weight is 344 g/mol. The minimum absolute atomic E-state index is 0.0276. The van der Waals surface area contributed by atoms with E-state index in [1.807, 2.05) is 17.5 Å². The molecular formula is C17H16N2O4S. The maximum Gasteiger partial charge on any atom is 0.338 e. The van der Waals surface area contributed by atoms with Crippen molar-refractivity contribution >= 4 is 34.8 Å². The zero-order chi connectivity index (χ0) is 16.9. The van der Waals surface area contributed by atoms with Gasteiger partial charge < -0.3 is 15.4 Å². The van der Waals surface area contributed by atoms with Crippen LogP contribution >= 0.6 is 11.3 Å². The molecule has 1 aromatic heterocycles. The topological polar surface area (TPSA) is 84.5 Å². The number of rotatable bonds is 5. The molecule has 0 aliphatic carbocycles. The van der Waals surface area contributed by atoms with E-state index in [1.54, 1.807) is 29.5 Å². The number of carbonyl (C=O) groups is 3. The molecule has 2 aromatic rings. The van der Waals surface area contributed by atoms with Gasteiger partial charge in [0.15, 0.2) is 6.61 Å². The fraction of sp³-hybridized carbons (Fsp3) is 0.235. The van der Waals surface area contributed by atoms with Crippen LogP contribution in [0.1, 0.15) is 27.2 Å². The predicted molar refractivity (Wildman–Crippen MR) is 89.8 cm³/mol. The van der Waals surface area contributed by atoms with Gasteiger partial charge in [-0.3, -0.25) is 9.59 Å². The van der Waals surface area contributed by atoms with E-state index in [0.29, 0.717) is 24.9 Å². The third kappa shape index (κ3) is 3.99. The van der Waals surface area contributed by atoms with Gasteiger partial charge in [-0.2, -0.15) is 0 Å². The lowest BCUT2D eigenvalue weighted by molar-refractivity contribution is -0.124. The number of nitrogens with one attached hydrogen (secondary N) is 2. The van der Waals surface area contributed by atoms with Crippen molar-refractivity contribution in [2.45, 2.75) is 19.4 Å². The fourth-order valence-corrected chi connectivity index (χ4v) is 3.02. The van der Waals surface area contributed by atoms with Crippen molar-refractivity contribution in [1.82, 2.24) is 5.32 Å². The number of aryl methyl sites for hydroxylation is 1. The number of hydrogen-bond donors (Lipinski definition) is 2. The molecule has 0 spiro atoms. The van der Waals surface area contributed by atoms with Crippen LogP contribution in [-0.4, -0.2) is 24.4 Å². The number of anilines is 1. The van der Waals surface area contributed by atoms with E-state index < -0.39 is 5.97 Å². The van der Waals surface area contributed by atoms with Gasteiger partial charge in [0.2, 0.25) is 5.91 Å². The molecule has 0 saturated heterocycles. The number of benzene rings is 1. The maximum atomic E-state index is 12.0. The van der Waals surface area contributed by atoms with Gasteiger partial charge in [0, 0.05) is 17.0 Å². The second-order valence-corrected chi connectivity index (χ2v) is 6.38. The summed E-state index contributed by atoms with van der Waals surface area (Å²) in [6, 6.07) is 8.78. The molecule has 0 saturated carbocycles. The van der Waals surface area contributed by atoms with E-state index in [2.05, 4.69) is 10.6 Å². The first-order chi connectivity index (χ1) is 11.6. The van der Waals surface area contributed by atoms with Crippen LogP contribution in [0, 0.1) is 0 Å². The first-order valence-corrected chi connectivity index (χ1v) is 8.39. The molecule has 24 heavy (non-hydrogen) atoms. The van der Waals surface area contributed by atoms with Gasteiger partial charge in [0.05, 0.1) is 12.1 Å². The van der Waals surface area contributed by atoms with Crippen LogP contribution in [0.15, 0.2) is 35.7 Å². The van der Waals surface area contributed by atoms with Gasteiger partial charge in [-0.15, -0.1) is 11.3 Å². The Morgan fingerprint density at radius 3 is 2.92 bits per heavy atom. The van der Waals surface area contributed by atoms with Crippen molar-refractivity contribution in [3.05, 3.63) is 51.7 Å². The summed E-state index contributed by atoms with van der Waals surface area (Å²) < 4.78 is 5.04. The second-order valence-electron chi connectivity index (χ2n) is 5.35. The standard InChI is InChI=1S/C17H16N2O4S/c20-15-6-4-11-8-12(3-5-14(11)19-15)17(22)23-10-16(21)18-9-13-2-1-7-24-13/h1-3,5,7-8H,4,6,9-10H2,(H,18,21)(H,19,20). The smallest absolute Gasteiger partial charge is 0.338 e. The molecular weight excluding hydrogens is 328 g/mol. The Hall–Kier alpha value is -2.67. The van der Waals surface area contributed by atoms with Gasteiger partial charge in [-0.1, -0.05) is 6.07 Å². The molecule has 124 valence electrons. The summed E-state index contributed by atoms with van der Waals surface area (Å²) in [6.07, 6.45) is 0.986. The van der Waals surface area contributed by atoms with Crippen molar-refractivity contribution < 1.29 is 19.1 Å². The average Bonchev–Trinajstić information content (AvgIpc) is 3.11. The van der Waals surface area contributed by atoms with E-state index in [1.165, 1.54) is 0 Å². The Bertz CT molecular complexity index is 771. The monoisotopic (exact) mass is 344 g/mol. The summed E-state index contributed by atoms with van der Waals surface area (Å²) >= 11 is 1.55. The highest BCUT2D eigenvalue weighted by Gasteiger charge is 2.17. The van der Waals surface area contributed by atoms with Crippen LogP contribution < -0.4 is 10.6 Å². The summed E-state index contributed by atoms with van der Waals surface area (Å²) in [4.78, 5) is 36.1. The molecule has 6 nitrogen and oxygen atoms in total. The second kappa shape index (κ2) is 7.27.